The molecule has 2 rings (SSSR count). The van der Waals surface area contributed by atoms with Crippen molar-refractivity contribution < 1.29 is 14.3 Å². The lowest BCUT2D eigenvalue weighted by Crippen LogP contribution is -2.25. The van der Waals surface area contributed by atoms with Crippen LogP contribution in [0.2, 0.25) is 10.0 Å². The molecule has 0 amide bonds. The Kier molecular flexibility index (Phi) is 6.26. The molecule has 2 aromatic carbocycles. The molecule has 0 spiro atoms. The molecule has 2 N–H and O–H groups in total. The van der Waals surface area contributed by atoms with E-state index in [4.69, 9.17) is 23.2 Å². The largest absolute Gasteiger partial charge is 0.390 e. The quantitative estimate of drug-likeness (QED) is 0.614. The Hall–Kier alpha value is -2.24. The Bertz CT molecular complexity index is 648. The van der Waals surface area contributed by atoms with Gasteiger partial charge in [-0.05, 0) is 24.3 Å². The molecule has 0 saturated carbocycles. The van der Waals surface area contributed by atoms with E-state index in [0.29, 0.717) is 21.4 Å². The van der Waals surface area contributed by atoms with Gasteiger partial charge in [-0.15, -0.1) is 0 Å². The van der Waals surface area contributed by atoms with Crippen LogP contribution in [0.25, 0.3) is 0 Å². The molecule has 120 valence electrons. The first-order valence-corrected chi connectivity index (χ1v) is 7.52. The summed E-state index contributed by atoms with van der Waals surface area (Å²) in [5.74, 6) is -1.40. The van der Waals surface area contributed by atoms with Gasteiger partial charge in [0.15, 0.2) is 0 Å². The lowest BCUT2D eigenvalue weighted by atomic mass is 10.3. The molecule has 23 heavy (non-hydrogen) atoms. The van der Waals surface area contributed by atoms with E-state index in [9.17, 15) is 9.59 Å². The minimum absolute atomic E-state index is 0.165. The minimum atomic E-state index is -0.698. The third kappa shape index (κ3) is 5.47. The van der Waals surface area contributed by atoms with Crippen LogP contribution in [0.15, 0.2) is 48.5 Å². The molecule has 0 bridgehead atoms. The van der Waals surface area contributed by atoms with Crippen LogP contribution in [-0.4, -0.2) is 25.0 Å². The standard InChI is InChI=1S/C16H14Cl2N2O3/c17-11-5-1-3-7-13(11)19-9-15(21)23-16(22)10-20-14-8-4-2-6-12(14)18/h1-8,19-20H,9-10H2. The van der Waals surface area contributed by atoms with Gasteiger partial charge in [-0.2, -0.15) is 0 Å². The highest BCUT2D eigenvalue weighted by Crippen LogP contribution is 2.20. The van der Waals surface area contributed by atoms with Gasteiger partial charge < -0.3 is 15.4 Å². The van der Waals surface area contributed by atoms with Gasteiger partial charge in [0.1, 0.15) is 13.1 Å². The zero-order chi connectivity index (χ0) is 16.7. The molecule has 0 fully saturated rings. The maximum atomic E-state index is 11.6. The molecule has 5 nitrogen and oxygen atoms in total. The highest BCUT2D eigenvalue weighted by Gasteiger charge is 2.11. The van der Waals surface area contributed by atoms with E-state index in [0.717, 1.165) is 0 Å². The van der Waals surface area contributed by atoms with E-state index in [1.165, 1.54) is 0 Å². The number of benzene rings is 2. The van der Waals surface area contributed by atoms with Crippen LogP contribution in [-0.2, 0) is 14.3 Å². The molecular weight excluding hydrogens is 339 g/mol. The molecule has 0 saturated heterocycles. The van der Waals surface area contributed by atoms with Crippen molar-refractivity contribution in [2.75, 3.05) is 23.7 Å². The smallest absolute Gasteiger partial charge is 0.333 e. The van der Waals surface area contributed by atoms with Crippen molar-refractivity contribution >= 4 is 46.5 Å². The molecule has 0 aromatic heterocycles. The summed E-state index contributed by atoms with van der Waals surface area (Å²) in [7, 11) is 0. The van der Waals surface area contributed by atoms with Gasteiger partial charge in [-0.3, -0.25) is 0 Å². The summed E-state index contributed by atoms with van der Waals surface area (Å²) < 4.78 is 4.68. The van der Waals surface area contributed by atoms with Crippen LogP contribution in [0.4, 0.5) is 11.4 Å². The fourth-order valence-corrected chi connectivity index (χ4v) is 2.15. The molecule has 0 radical (unpaired) electrons. The number of rotatable bonds is 6. The van der Waals surface area contributed by atoms with E-state index >= 15 is 0 Å². The lowest BCUT2D eigenvalue weighted by Gasteiger charge is -2.09. The molecule has 0 aliphatic carbocycles. The van der Waals surface area contributed by atoms with Crippen LogP contribution in [0.3, 0.4) is 0 Å². The summed E-state index contributed by atoms with van der Waals surface area (Å²) in [5.41, 5.74) is 1.18. The zero-order valence-corrected chi connectivity index (χ0v) is 13.5. The van der Waals surface area contributed by atoms with Crippen molar-refractivity contribution in [3.63, 3.8) is 0 Å². The van der Waals surface area contributed by atoms with Crippen molar-refractivity contribution in [2.24, 2.45) is 0 Å². The van der Waals surface area contributed by atoms with Crippen molar-refractivity contribution in [3.05, 3.63) is 58.6 Å². The Morgan fingerprint density at radius 3 is 1.57 bits per heavy atom. The SMILES string of the molecule is O=C(CNc1ccccc1Cl)OC(=O)CNc1ccccc1Cl. The van der Waals surface area contributed by atoms with Gasteiger partial charge in [0.05, 0.1) is 21.4 Å². The number of carbonyl (C=O) groups is 2. The first-order valence-electron chi connectivity index (χ1n) is 6.76. The normalized spacial score (nSPS) is 10.0. The van der Waals surface area contributed by atoms with Crippen molar-refractivity contribution in [1.82, 2.24) is 0 Å². The number of esters is 2. The Balaban J connectivity index is 1.76. The summed E-state index contributed by atoms with van der Waals surface area (Å²) in [4.78, 5) is 23.2. The fourth-order valence-electron chi connectivity index (χ4n) is 1.74. The highest BCUT2D eigenvalue weighted by atomic mass is 35.5. The summed E-state index contributed by atoms with van der Waals surface area (Å²) in [5, 5.41) is 6.56. The van der Waals surface area contributed by atoms with Crippen LogP contribution in [0.5, 0.6) is 0 Å². The summed E-state index contributed by atoms with van der Waals surface area (Å²) in [6.45, 7) is -0.330. The molecule has 7 heteroatoms. The van der Waals surface area contributed by atoms with Crippen molar-refractivity contribution in [2.45, 2.75) is 0 Å². The molecule has 2 aromatic rings. The Labute approximate surface area is 143 Å². The van der Waals surface area contributed by atoms with E-state index in [1.54, 1.807) is 48.5 Å². The second-order valence-electron chi connectivity index (χ2n) is 4.51. The second-order valence-corrected chi connectivity index (χ2v) is 5.33. The lowest BCUT2D eigenvalue weighted by molar-refractivity contribution is -0.157. The van der Waals surface area contributed by atoms with E-state index in [1.807, 2.05) is 0 Å². The monoisotopic (exact) mass is 352 g/mol. The number of hydrogen-bond acceptors (Lipinski definition) is 5. The number of carbonyl (C=O) groups excluding carboxylic acids is 2. The van der Waals surface area contributed by atoms with E-state index in [-0.39, 0.29) is 13.1 Å². The van der Waals surface area contributed by atoms with Gasteiger partial charge in [0.2, 0.25) is 0 Å². The average molecular weight is 353 g/mol. The second kappa shape index (κ2) is 8.41. The molecule has 0 aliphatic heterocycles. The summed E-state index contributed by atoms with van der Waals surface area (Å²) in [6, 6.07) is 13.9. The van der Waals surface area contributed by atoms with Gasteiger partial charge in [0, 0.05) is 0 Å². The fraction of sp³-hybridized carbons (Fsp3) is 0.125. The summed E-state index contributed by atoms with van der Waals surface area (Å²) >= 11 is 11.9. The maximum absolute atomic E-state index is 11.6. The van der Waals surface area contributed by atoms with Crippen LogP contribution >= 0.6 is 23.2 Å². The minimum Gasteiger partial charge on any atom is -0.390 e. The molecular formula is C16H14Cl2N2O3. The number of hydrogen-bond donors (Lipinski definition) is 2. The summed E-state index contributed by atoms with van der Waals surface area (Å²) in [6.07, 6.45) is 0. The third-order valence-electron chi connectivity index (χ3n) is 2.82. The van der Waals surface area contributed by atoms with Crippen molar-refractivity contribution in [1.29, 1.82) is 0 Å². The number of anilines is 2. The first kappa shape index (κ1) is 17.1. The van der Waals surface area contributed by atoms with Crippen LogP contribution in [0, 0.1) is 0 Å². The first-order chi connectivity index (χ1) is 11.1. The van der Waals surface area contributed by atoms with Gasteiger partial charge in [-0.1, -0.05) is 47.5 Å². The van der Waals surface area contributed by atoms with Gasteiger partial charge in [-0.25, -0.2) is 9.59 Å². The number of ether oxygens (including phenoxy) is 1. The van der Waals surface area contributed by atoms with Gasteiger partial charge in [0.25, 0.3) is 0 Å². The van der Waals surface area contributed by atoms with Crippen LogP contribution < -0.4 is 10.6 Å². The predicted molar refractivity (Wildman–Crippen MR) is 91.0 cm³/mol. The zero-order valence-electron chi connectivity index (χ0n) is 12.0. The molecule has 0 aliphatic rings. The number of para-hydroxylation sites is 2. The Morgan fingerprint density at radius 2 is 1.17 bits per heavy atom. The number of nitrogens with one attached hydrogen (secondary N) is 2. The topological polar surface area (TPSA) is 67.4 Å². The highest BCUT2D eigenvalue weighted by molar-refractivity contribution is 6.33. The van der Waals surface area contributed by atoms with E-state index < -0.39 is 11.9 Å². The molecule has 0 unspecified atom stereocenters. The van der Waals surface area contributed by atoms with Crippen molar-refractivity contribution in [3.8, 4) is 0 Å². The third-order valence-corrected chi connectivity index (χ3v) is 3.48. The number of halogens is 2. The maximum Gasteiger partial charge on any atom is 0.333 e. The predicted octanol–water partition coefficient (Wildman–Crippen LogP) is 3.59. The molecule has 0 heterocycles. The average Bonchev–Trinajstić information content (AvgIpc) is 2.53. The Morgan fingerprint density at radius 1 is 0.783 bits per heavy atom. The van der Waals surface area contributed by atoms with E-state index in [2.05, 4.69) is 15.4 Å². The van der Waals surface area contributed by atoms with Gasteiger partial charge >= 0.3 is 11.9 Å². The molecule has 0 atom stereocenters. The van der Waals surface area contributed by atoms with Crippen LogP contribution in [0.1, 0.15) is 0 Å².